The molecule has 1 N–H and O–H groups in total. The lowest BCUT2D eigenvalue weighted by Gasteiger charge is -2.34. The van der Waals surface area contributed by atoms with Crippen LogP contribution in [0.25, 0.3) is 0 Å². The van der Waals surface area contributed by atoms with Crippen LogP contribution in [0.4, 0.5) is 10.1 Å². The number of benzene rings is 1. The van der Waals surface area contributed by atoms with E-state index >= 15 is 0 Å². The summed E-state index contributed by atoms with van der Waals surface area (Å²) >= 11 is 1.51. The van der Waals surface area contributed by atoms with Gasteiger partial charge in [-0.15, -0.1) is 11.8 Å². The molecule has 0 spiro atoms. The molecule has 1 aromatic rings. The third-order valence-corrected chi connectivity index (χ3v) is 4.21. The summed E-state index contributed by atoms with van der Waals surface area (Å²) in [5.74, 6) is -0.886. The zero-order valence-electron chi connectivity index (χ0n) is 10.4. The van der Waals surface area contributed by atoms with E-state index in [1.54, 1.807) is 11.0 Å². The van der Waals surface area contributed by atoms with E-state index in [9.17, 15) is 14.0 Å². The maximum absolute atomic E-state index is 13.2. The highest BCUT2D eigenvalue weighted by atomic mass is 32.2. The first-order valence-electron chi connectivity index (χ1n) is 5.95. The third kappa shape index (κ3) is 3.07. The number of halogens is 1. The van der Waals surface area contributed by atoms with E-state index in [4.69, 9.17) is 5.11 Å². The Hall–Kier alpha value is -1.56. The van der Waals surface area contributed by atoms with E-state index < -0.39 is 5.97 Å². The van der Waals surface area contributed by atoms with Crippen LogP contribution in [0, 0.1) is 5.82 Å². The second-order valence-electron chi connectivity index (χ2n) is 4.43. The van der Waals surface area contributed by atoms with Gasteiger partial charge >= 0.3 is 5.97 Å². The highest BCUT2D eigenvalue weighted by molar-refractivity contribution is 7.99. The van der Waals surface area contributed by atoms with Crippen molar-refractivity contribution in [2.45, 2.75) is 30.7 Å². The normalized spacial score (nSPS) is 18.0. The van der Waals surface area contributed by atoms with Crippen molar-refractivity contribution in [3.8, 4) is 0 Å². The minimum Gasteiger partial charge on any atom is -0.481 e. The number of nitrogens with zero attached hydrogens (tertiary/aromatic N) is 1. The standard InChI is InChI=1S/C13H14FNO3S/c1-8-7-19-11-6-9(14)2-3-10(11)15(8)12(16)4-5-13(17)18/h2-3,6,8H,4-5,7H2,1H3,(H,17,18). The van der Waals surface area contributed by atoms with Crippen LogP contribution in [0.3, 0.4) is 0 Å². The molecule has 4 nitrogen and oxygen atoms in total. The van der Waals surface area contributed by atoms with Crippen LogP contribution >= 0.6 is 11.8 Å². The minimum absolute atomic E-state index is 0.0238. The number of anilines is 1. The molecule has 1 heterocycles. The molecule has 2 rings (SSSR count). The predicted octanol–water partition coefficient (Wildman–Crippen LogP) is 2.52. The van der Waals surface area contributed by atoms with Gasteiger partial charge in [0.25, 0.3) is 0 Å². The molecule has 0 fully saturated rings. The van der Waals surface area contributed by atoms with Gasteiger partial charge < -0.3 is 10.0 Å². The summed E-state index contributed by atoms with van der Waals surface area (Å²) in [4.78, 5) is 25.0. The summed E-state index contributed by atoms with van der Waals surface area (Å²) in [6.07, 6.45) is -0.229. The molecule has 1 aromatic carbocycles. The van der Waals surface area contributed by atoms with Gasteiger partial charge in [-0.2, -0.15) is 0 Å². The maximum Gasteiger partial charge on any atom is 0.303 e. The summed E-state index contributed by atoms with van der Waals surface area (Å²) in [7, 11) is 0. The monoisotopic (exact) mass is 283 g/mol. The molecule has 0 saturated heterocycles. The van der Waals surface area contributed by atoms with Crippen LogP contribution in [0.1, 0.15) is 19.8 Å². The van der Waals surface area contributed by atoms with Crippen molar-refractivity contribution in [2.24, 2.45) is 0 Å². The quantitative estimate of drug-likeness (QED) is 0.926. The highest BCUT2D eigenvalue weighted by Gasteiger charge is 2.28. The number of hydrogen-bond acceptors (Lipinski definition) is 3. The SMILES string of the molecule is CC1CSc2cc(F)ccc2N1C(=O)CCC(=O)O. The molecule has 0 radical (unpaired) electrons. The third-order valence-electron chi connectivity index (χ3n) is 2.92. The van der Waals surface area contributed by atoms with Crippen molar-refractivity contribution in [3.05, 3.63) is 24.0 Å². The lowest BCUT2D eigenvalue weighted by atomic mass is 10.2. The van der Waals surface area contributed by atoms with Crippen LogP contribution in [0.5, 0.6) is 0 Å². The average Bonchev–Trinajstić information content (AvgIpc) is 2.36. The Kier molecular flexibility index (Phi) is 4.09. The number of carbonyl (C=O) groups excluding carboxylic acids is 1. The second-order valence-corrected chi connectivity index (χ2v) is 5.49. The fourth-order valence-corrected chi connectivity index (χ4v) is 3.12. The van der Waals surface area contributed by atoms with E-state index in [2.05, 4.69) is 0 Å². The van der Waals surface area contributed by atoms with Crippen LogP contribution in [0.15, 0.2) is 23.1 Å². The first-order chi connectivity index (χ1) is 8.99. The largest absolute Gasteiger partial charge is 0.481 e. The Labute approximate surface area is 114 Å². The topological polar surface area (TPSA) is 57.6 Å². The van der Waals surface area contributed by atoms with Crippen molar-refractivity contribution in [2.75, 3.05) is 10.7 Å². The lowest BCUT2D eigenvalue weighted by molar-refractivity contribution is -0.138. The molecule has 6 heteroatoms. The van der Waals surface area contributed by atoms with Gasteiger partial charge in [-0.05, 0) is 25.1 Å². The van der Waals surface area contributed by atoms with Gasteiger partial charge in [0, 0.05) is 23.1 Å². The molecule has 0 bridgehead atoms. The Bertz CT molecular complexity index is 521. The molecule has 0 aliphatic carbocycles. The van der Waals surface area contributed by atoms with Gasteiger partial charge in [0.2, 0.25) is 5.91 Å². The van der Waals surface area contributed by atoms with Gasteiger partial charge in [-0.25, -0.2) is 4.39 Å². The smallest absolute Gasteiger partial charge is 0.303 e. The molecule has 102 valence electrons. The van der Waals surface area contributed by atoms with Crippen molar-refractivity contribution < 1.29 is 19.1 Å². The number of amides is 1. The van der Waals surface area contributed by atoms with E-state index in [-0.39, 0.29) is 30.6 Å². The minimum atomic E-state index is -0.994. The molecule has 0 saturated carbocycles. The van der Waals surface area contributed by atoms with Crippen molar-refractivity contribution in [1.82, 2.24) is 0 Å². The lowest BCUT2D eigenvalue weighted by Crippen LogP contribution is -2.42. The Morgan fingerprint density at radius 2 is 2.21 bits per heavy atom. The van der Waals surface area contributed by atoms with Gasteiger partial charge in [-0.1, -0.05) is 0 Å². The number of thioether (sulfide) groups is 1. The Morgan fingerprint density at radius 3 is 2.89 bits per heavy atom. The van der Waals surface area contributed by atoms with Gasteiger partial charge in [0.1, 0.15) is 5.82 Å². The molecule has 19 heavy (non-hydrogen) atoms. The van der Waals surface area contributed by atoms with E-state index in [0.29, 0.717) is 11.4 Å². The fraction of sp³-hybridized carbons (Fsp3) is 0.385. The van der Waals surface area contributed by atoms with Gasteiger partial charge in [-0.3, -0.25) is 9.59 Å². The van der Waals surface area contributed by atoms with Crippen LogP contribution in [0.2, 0.25) is 0 Å². The van der Waals surface area contributed by atoms with Crippen molar-refractivity contribution >= 4 is 29.3 Å². The molecular formula is C13H14FNO3S. The van der Waals surface area contributed by atoms with E-state index in [1.165, 1.54) is 23.9 Å². The highest BCUT2D eigenvalue weighted by Crippen LogP contribution is 2.38. The first kappa shape index (κ1) is 13.9. The predicted molar refractivity (Wildman–Crippen MR) is 70.9 cm³/mol. The van der Waals surface area contributed by atoms with Gasteiger partial charge in [0.05, 0.1) is 12.1 Å². The van der Waals surface area contributed by atoms with Crippen LogP contribution in [-0.2, 0) is 9.59 Å². The molecule has 1 atom stereocenters. The first-order valence-corrected chi connectivity index (χ1v) is 6.94. The van der Waals surface area contributed by atoms with E-state index in [1.807, 2.05) is 6.92 Å². The molecule has 1 unspecified atom stereocenters. The van der Waals surface area contributed by atoms with Crippen molar-refractivity contribution in [3.63, 3.8) is 0 Å². The Morgan fingerprint density at radius 1 is 1.47 bits per heavy atom. The molecule has 1 amide bonds. The molecule has 1 aliphatic heterocycles. The fourth-order valence-electron chi connectivity index (χ4n) is 2.04. The summed E-state index contributed by atoms with van der Waals surface area (Å²) < 4.78 is 13.2. The number of fused-ring (bicyclic) bond motifs is 1. The number of carboxylic acid groups (broad SMARTS) is 1. The van der Waals surface area contributed by atoms with Crippen LogP contribution < -0.4 is 4.90 Å². The molecule has 1 aliphatic rings. The number of carboxylic acids is 1. The number of carbonyl (C=O) groups is 2. The maximum atomic E-state index is 13.2. The number of aliphatic carboxylic acids is 1. The summed E-state index contributed by atoms with van der Waals surface area (Å²) in [6, 6.07) is 4.27. The van der Waals surface area contributed by atoms with Crippen LogP contribution in [-0.4, -0.2) is 28.8 Å². The zero-order valence-corrected chi connectivity index (χ0v) is 11.2. The zero-order chi connectivity index (χ0) is 14.0. The number of rotatable bonds is 3. The molecule has 0 aromatic heterocycles. The average molecular weight is 283 g/mol. The summed E-state index contributed by atoms with van der Waals surface area (Å²) in [5.41, 5.74) is 0.667. The second kappa shape index (κ2) is 5.61. The number of hydrogen-bond donors (Lipinski definition) is 1. The molecular weight excluding hydrogens is 269 g/mol. The summed E-state index contributed by atoms with van der Waals surface area (Å²) in [5, 5.41) is 8.63. The van der Waals surface area contributed by atoms with Crippen molar-refractivity contribution in [1.29, 1.82) is 0 Å². The Balaban J connectivity index is 2.25. The summed E-state index contributed by atoms with van der Waals surface area (Å²) in [6.45, 7) is 1.90. The van der Waals surface area contributed by atoms with Gasteiger partial charge in [0.15, 0.2) is 0 Å². The van der Waals surface area contributed by atoms with E-state index in [0.717, 1.165) is 4.90 Å².